The highest BCUT2D eigenvalue weighted by atomic mass is 32.1. The van der Waals surface area contributed by atoms with E-state index in [2.05, 4.69) is 30.3 Å². The van der Waals surface area contributed by atoms with E-state index in [0.29, 0.717) is 0 Å². The first kappa shape index (κ1) is 16.4. The predicted octanol–water partition coefficient (Wildman–Crippen LogP) is 4.99. The van der Waals surface area contributed by atoms with Gasteiger partial charge < -0.3 is 0 Å². The zero-order valence-electron chi connectivity index (χ0n) is 14.2. The average molecular weight is 330 g/mol. The summed E-state index contributed by atoms with van der Waals surface area (Å²) in [6.45, 7) is 4.18. The van der Waals surface area contributed by atoms with E-state index in [0.717, 1.165) is 23.4 Å². The second kappa shape index (κ2) is 7.43. The molecule has 2 aromatic rings. The van der Waals surface area contributed by atoms with Crippen LogP contribution in [0.1, 0.15) is 69.7 Å². The van der Waals surface area contributed by atoms with Gasteiger partial charge in [0, 0.05) is 11.7 Å². The van der Waals surface area contributed by atoms with Crippen LogP contribution in [0.4, 0.5) is 0 Å². The molecule has 0 saturated heterocycles. The van der Waals surface area contributed by atoms with Gasteiger partial charge in [-0.15, -0.1) is 11.3 Å². The summed E-state index contributed by atoms with van der Waals surface area (Å²) in [6, 6.07) is 4.30. The fraction of sp³-hybridized carbons (Fsp3) is 0.579. The molecular weight excluding hydrogens is 304 g/mol. The van der Waals surface area contributed by atoms with Crippen LogP contribution in [-0.2, 0) is 12.8 Å². The summed E-state index contributed by atoms with van der Waals surface area (Å²) in [6.07, 6.45) is 9.63. The minimum Gasteiger partial charge on any atom is -0.293 e. The number of thiophene rings is 1. The summed E-state index contributed by atoms with van der Waals surface area (Å²) in [5.74, 6) is 0. The molecule has 1 aliphatic carbocycles. The topological polar surface area (TPSA) is 34.9 Å². The molecular formula is C19H26N2OS. The molecule has 23 heavy (non-hydrogen) atoms. The van der Waals surface area contributed by atoms with Crippen LogP contribution in [0.5, 0.6) is 0 Å². The maximum absolute atomic E-state index is 12.7. The number of hydrogen-bond acceptors (Lipinski definition) is 3. The molecule has 3 rings (SSSR count). The molecule has 0 bridgehead atoms. The van der Waals surface area contributed by atoms with E-state index in [-0.39, 0.29) is 11.7 Å². The largest absolute Gasteiger partial charge is 0.348 e. The zero-order valence-corrected chi connectivity index (χ0v) is 15.0. The molecule has 0 amide bonds. The van der Waals surface area contributed by atoms with Gasteiger partial charge in [0.2, 0.25) is 0 Å². The molecule has 0 saturated carbocycles. The van der Waals surface area contributed by atoms with Crippen molar-refractivity contribution in [3.05, 3.63) is 39.3 Å². The van der Waals surface area contributed by atoms with Crippen LogP contribution >= 0.6 is 11.3 Å². The van der Waals surface area contributed by atoms with Gasteiger partial charge in [-0.2, -0.15) is 4.98 Å². The number of rotatable bonds is 2. The van der Waals surface area contributed by atoms with Crippen molar-refractivity contribution in [2.75, 3.05) is 0 Å². The van der Waals surface area contributed by atoms with Gasteiger partial charge in [0.15, 0.2) is 0 Å². The van der Waals surface area contributed by atoms with Crippen molar-refractivity contribution in [2.45, 2.75) is 71.3 Å². The van der Waals surface area contributed by atoms with Gasteiger partial charge in [-0.3, -0.25) is 4.57 Å². The van der Waals surface area contributed by atoms with Gasteiger partial charge in [-0.25, -0.2) is 4.79 Å². The van der Waals surface area contributed by atoms with Crippen molar-refractivity contribution < 1.29 is 0 Å². The Kier molecular flexibility index (Phi) is 5.31. The summed E-state index contributed by atoms with van der Waals surface area (Å²) in [4.78, 5) is 18.3. The summed E-state index contributed by atoms with van der Waals surface area (Å²) in [5.41, 5.74) is 3.42. The van der Waals surface area contributed by atoms with Crippen LogP contribution in [0.2, 0.25) is 0 Å². The number of nitrogens with zero attached hydrogens (tertiary/aromatic N) is 2. The lowest BCUT2D eigenvalue weighted by atomic mass is 9.95. The third-order valence-electron chi connectivity index (χ3n) is 4.70. The van der Waals surface area contributed by atoms with Gasteiger partial charge in [-0.1, -0.05) is 31.7 Å². The van der Waals surface area contributed by atoms with E-state index in [9.17, 15) is 4.79 Å². The Morgan fingerprint density at radius 2 is 1.78 bits per heavy atom. The molecule has 3 nitrogen and oxygen atoms in total. The standard InChI is InChI=1S/C19H26N2OS/c1-14(2)21-16-11-8-6-4-3-5-7-10-15(16)18(20-19(21)22)17-12-9-13-23-17/h9,12-14H,3-8,10-11H2,1-2H3. The van der Waals surface area contributed by atoms with Crippen molar-refractivity contribution in [3.8, 4) is 10.6 Å². The molecule has 1 aliphatic rings. The minimum atomic E-state index is -0.0841. The molecule has 0 aliphatic heterocycles. The Hall–Kier alpha value is -1.42. The quantitative estimate of drug-likeness (QED) is 0.777. The minimum absolute atomic E-state index is 0.0841. The SMILES string of the molecule is CC(C)n1c2c(c(-c3cccs3)nc1=O)CCCCCCCC2. The first-order valence-electron chi connectivity index (χ1n) is 8.86. The molecule has 2 aromatic heterocycles. The fourth-order valence-corrected chi connectivity index (χ4v) is 4.34. The highest BCUT2D eigenvalue weighted by Crippen LogP contribution is 2.30. The number of aromatic nitrogens is 2. The van der Waals surface area contributed by atoms with Gasteiger partial charge in [0.1, 0.15) is 0 Å². The molecule has 0 spiro atoms. The summed E-state index contributed by atoms with van der Waals surface area (Å²) in [5, 5.41) is 2.07. The van der Waals surface area contributed by atoms with Gasteiger partial charge in [-0.05, 0) is 56.5 Å². The second-order valence-electron chi connectivity index (χ2n) is 6.73. The number of fused-ring (bicyclic) bond motifs is 1. The molecule has 0 unspecified atom stereocenters. The lowest BCUT2D eigenvalue weighted by Crippen LogP contribution is -2.30. The molecule has 0 aromatic carbocycles. The lowest BCUT2D eigenvalue weighted by molar-refractivity contribution is 0.505. The van der Waals surface area contributed by atoms with Crippen molar-refractivity contribution in [2.24, 2.45) is 0 Å². The Balaban J connectivity index is 2.18. The molecule has 124 valence electrons. The van der Waals surface area contributed by atoms with Gasteiger partial charge in [0.25, 0.3) is 0 Å². The van der Waals surface area contributed by atoms with Crippen molar-refractivity contribution in [3.63, 3.8) is 0 Å². The first-order valence-corrected chi connectivity index (χ1v) is 9.74. The Morgan fingerprint density at radius 1 is 1.09 bits per heavy atom. The van der Waals surface area contributed by atoms with E-state index in [1.807, 2.05) is 10.6 Å². The maximum atomic E-state index is 12.7. The average Bonchev–Trinajstić information content (AvgIpc) is 3.05. The van der Waals surface area contributed by atoms with Crippen LogP contribution in [0, 0.1) is 0 Å². The van der Waals surface area contributed by atoms with E-state index >= 15 is 0 Å². The Bertz CT molecular complexity index is 701. The van der Waals surface area contributed by atoms with Crippen LogP contribution < -0.4 is 5.69 Å². The van der Waals surface area contributed by atoms with Crippen LogP contribution in [-0.4, -0.2) is 9.55 Å². The third kappa shape index (κ3) is 3.57. The Labute approximate surface area is 142 Å². The van der Waals surface area contributed by atoms with E-state index in [4.69, 9.17) is 0 Å². The smallest absolute Gasteiger partial charge is 0.293 e. The Morgan fingerprint density at radius 3 is 2.43 bits per heavy atom. The molecule has 0 fully saturated rings. The maximum Gasteiger partial charge on any atom is 0.348 e. The van der Waals surface area contributed by atoms with Crippen LogP contribution in [0.15, 0.2) is 22.3 Å². The summed E-state index contributed by atoms with van der Waals surface area (Å²) in [7, 11) is 0. The fourth-order valence-electron chi connectivity index (χ4n) is 3.60. The normalized spacial score (nSPS) is 16.3. The molecule has 2 heterocycles. The lowest BCUT2D eigenvalue weighted by Gasteiger charge is -2.22. The van der Waals surface area contributed by atoms with Gasteiger partial charge >= 0.3 is 5.69 Å². The number of hydrogen-bond donors (Lipinski definition) is 0. The summed E-state index contributed by atoms with van der Waals surface area (Å²) >= 11 is 1.68. The van der Waals surface area contributed by atoms with Crippen LogP contribution in [0.3, 0.4) is 0 Å². The molecule has 4 heteroatoms. The monoisotopic (exact) mass is 330 g/mol. The molecule has 0 N–H and O–H groups in total. The zero-order chi connectivity index (χ0) is 16.2. The molecule has 0 atom stereocenters. The second-order valence-corrected chi connectivity index (χ2v) is 7.68. The van der Waals surface area contributed by atoms with Crippen molar-refractivity contribution >= 4 is 11.3 Å². The summed E-state index contributed by atoms with van der Waals surface area (Å²) < 4.78 is 1.94. The van der Waals surface area contributed by atoms with Crippen molar-refractivity contribution in [1.82, 2.24) is 9.55 Å². The van der Waals surface area contributed by atoms with Gasteiger partial charge in [0.05, 0.1) is 10.6 Å². The van der Waals surface area contributed by atoms with Crippen molar-refractivity contribution in [1.29, 1.82) is 0 Å². The van der Waals surface area contributed by atoms with E-state index in [1.54, 1.807) is 11.3 Å². The third-order valence-corrected chi connectivity index (χ3v) is 5.58. The van der Waals surface area contributed by atoms with E-state index < -0.39 is 0 Å². The van der Waals surface area contributed by atoms with Crippen LogP contribution in [0.25, 0.3) is 10.6 Å². The van der Waals surface area contributed by atoms with E-state index in [1.165, 1.54) is 49.8 Å². The predicted molar refractivity (Wildman–Crippen MR) is 97.3 cm³/mol. The first-order chi connectivity index (χ1) is 11.2. The highest BCUT2D eigenvalue weighted by molar-refractivity contribution is 7.13. The highest BCUT2D eigenvalue weighted by Gasteiger charge is 2.20. The molecule has 0 radical (unpaired) electrons.